The van der Waals surface area contributed by atoms with Crippen LogP contribution in [0.5, 0.6) is 5.75 Å². The lowest BCUT2D eigenvalue weighted by Gasteiger charge is -2.37. The first kappa shape index (κ1) is 16.1. The molecule has 0 amide bonds. The molecule has 0 bridgehead atoms. The van der Waals surface area contributed by atoms with Crippen LogP contribution < -0.4 is 15.0 Å². The Morgan fingerprint density at radius 2 is 2.05 bits per heavy atom. The highest BCUT2D eigenvalue weighted by Crippen LogP contribution is 2.22. The minimum atomic E-state index is 0.245. The maximum atomic E-state index is 9.06. The Hall–Kier alpha value is -1.30. The van der Waals surface area contributed by atoms with E-state index in [1.54, 1.807) is 7.11 Å². The number of piperazine rings is 1. The van der Waals surface area contributed by atoms with Crippen LogP contribution in [0.3, 0.4) is 0 Å². The van der Waals surface area contributed by atoms with Crippen molar-refractivity contribution in [2.45, 2.75) is 12.5 Å². The second kappa shape index (κ2) is 8.22. The van der Waals surface area contributed by atoms with Gasteiger partial charge in [0.2, 0.25) is 0 Å². The average molecular weight is 293 g/mol. The van der Waals surface area contributed by atoms with Crippen molar-refractivity contribution in [3.63, 3.8) is 0 Å². The van der Waals surface area contributed by atoms with Crippen molar-refractivity contribution in [2.75, 3.05) is 58.4 Å². The number of hydrogen-bond donors (Lipinski definition) is 2. The summed E-state index contributed by atoms with van der Waals surface area (Å²) in [5.41, 5.74) is 1.23. The van der Waals surface area contributed by atoms with Gasteiger partial charge >= 0.3 is 0 Å². The van der Waals surface area contributed by atoms with E-state index in [9.17, 15) is 0 Å². The van der Waals surface area contributed by atoms with E-state index in [2.05, 4.69) is 27.2 Å². The average Bonchev–Trinajstić information content (AvgIpc) is 2.55. The van der Waals surface area contributed by atoms with Gasteiger partial charge in [0, 0.05) is 57.1 Å². The molecule has 0 saturated carbocycles. The molecule has 1 saturated heterocycles. The van der Waals surface area contributed by atoms with Crippen molar-refractivity contribution in [1.29, 1.82) is 0 Å². The number of methoxy groups -OCH3 is 1. The molecule has 1 aromatic rings. The van der Waals surface area contributed by atoms with Gasteiger partial charge in [0.05, 0.1) is 7.11 Å². The molecule has 21 heavy (non-hydrogen) atoms. The van der Waals surface area contributed by atoms with Gasteiger partial charge in [-0.15, -0.1) is 0 Å². The number of aliphatic hydroxyl groups is 1. The first-order valence-corrected chi connectivity index (χ1v) is 7.66. The third-order valence-corrected chi connectivity index (χ3v) is 4.16. The minimum absolute atomic E-state index is 0.245. The SMILES string of the molecule is CNC(CCO)CN1CCN(c2cccc(OC)c2)CC1. The topological polar surface area (TPSA) is 48.0 Å². The maximum Gasteiger partial charge on any atom is 0.120 e. The molecule has 1 fully saturated rings. The van der Waals surface area contributed by atoms with Crippen LogP contribution in [0.25, 0.3) is 0 Å². The highest BCUT2D eigenvalue weighted by Gasteiger charge is 2.19. The Morgan fingerprint density at radius 1 is 1.29 bits per heavy atom. The first-order valence-electron chi connectivity index (χ1n) is 7.66. The molecule has 0 spiro atoms. The van der Waals surface area contributed by atoms with Gasteiger partial charge in [-0.25, -0.2) is 0 Å². The Bertz CT molecular complexity index is 420. The van der Waals surface area contributed by atoms with Crippen LogP contribution in [-0.4, -0.2) is 69.5 Å². The first-order chi connectivity index (χ1) is 10.3. The molecule has 5 nitrogen and oxygen atoms in total. The predicted octanol–water partition coefficient (Wildman–Crippen LogP) is 0.788. The lowest BCUT2D eigenvalue weighted by atomic mass is 10.1. The molecular weight excluding hydrogens is 266 g/mol. The summed E-state index contributed by atoms with van der Waals surface area (Å²) in [6.45, 7) is 5.42. The normalized spacial score (nSPS) is 17.8. The van der Waals surface area contributed by atoms with Crippen molar-refractivity contribution >= 4 is 5.69 Å². The van der Waals surface area contributed by atoms with Gasteiger partial charge in [0.1, 0.15) is 5.75 Å². The maximum absolute atomic E-state index is 9.06. The summed E-state index contributed by atoms with van der Waals surface area (Å²) in [5.74, 6) is 0.910. The van der Waals surface area contributed by atoms with Crippen molar-refractivity contribution in [3.05, 3.63) is 24.3 Å². The summed E-state index contributed by atoms with van der Waals surface area (Å²) in [5, 5.41) is 12.3. The van der Waals surface area contributed by atoms with Crippen LogP contribution in [0.2, 0.25) is 0 Å². The van der Waals surface area contributed by atoms with E-state index < -0.39 is 0 Å². The lowest BCUT2D eigenvalue weighted by Crippen LogP contribution is -2.50. The van der Waals surface area contributed by atoms with Crippen LogP contribution in [0.1, 0.15) is 6.42 Å². The number of nitrogens with one attached hydrogen (secondary N) is 1. The lowest BCUT2D eigenvalue weighted by molar-refractivity contribution is 0.204. The molecule has 1 heterocycles. The fraction of sp³-hybridized carbons (Fsp3) is 0.625. The van der Waals surface area contributed by atoms with Crippen molar-refractivity contribution in [2.24, 2.45) is 0 Å². The van der Waals surface area contributed by atoms with E-state index in [1.165, 1.54) is 5.69 Å². The van der Waals surface area contributed by atoms with Crippen molar-refractivity contribution < 1.29 is 9.84 Å². The third kappa shape index (κ3) is 4.59. The van der Waals surface area contributed by atoms with E-state index in [0.29, 0.717) is 6.04 Å². The summed E-state index contributed by atoms with van der Waals surface area (Å²) < 4.78 is 5.29. The van der Waals surface area contributed by atoms with Crippen molar-refractivity contribution in [1.82, 2.24) is 10.2 Å². The highest BCUT2D eigenvalue weighted by molar-refractivity contribution is 5.51. The van der Waals surface area contributed by atoms with Gasteiger partial charge in [-0.05, 0) is 25.6 Å². The van der Waals surface area contributed by atoms with E-state index >= 15 is 0 Å². The number of likely N-dealkylation sites (N-methyl/N-ethyl adjacent to an activating group) is 1. The zero-order valence-electron chi connectivity index (χ0n) is 13.1. The van der Waals surface area contributed by atoms with Gasteiger partial charge in [-0.2, -0.15) is 0 Å². The monoisotopic (exact) mass is 293 g/mol. The smallest absolute Gasteiger partial charge is 0.120 e. The van der Waals surface area contributed by atoms with Crippen molar-refractivity contribution in [3.8, 4) is 5.75 Å². The largest absolute Gasteiger partial charge is 0.497 e. The van der Waals surface area contributed by atoms with Crippen LogP contribution in [-0.2, 0) is 0 Å². The molecule has 1 aromatic carbocycles. The number of hydrogen-bond acceptors (Lipinski definition) is 5. The van der Waals surface area contributed by atoms with Crippen LogP contribution >= 0.6 is 0 Å². The van der Waals surface area contributed by atoms with Gasteiger partial charge in [-0.3, -0.25) is 4.90 Å². The van der Waals surface area contributed by atoms with Crippen LogP contribution in [0, 0.1) is 0 Å². The summed E-state index contributed by atoms with van der Waals surface area (Å²) in [7, 11) is 3.67. The molecule has 0 aliphatic carbocycles. The molecule has 5 heteroatoms. The summed E-state index contributed by atoms with van der Waals surface area (Å²) in [4.78, 5) is 4.87. The molecule has 0 aromatic heterocycles. The summed E-state index contributed by atoms with van der Waals surface area (Å²) in [6.07, 6.45) is 0.812. The van der Waals surface area contributed by atoms with Gasteiger partial charge in [0.25, 0.3) is 0 Å². The minimum Gasteiger partial charge on any atom is -0.497 e. The standard InChI is InChI=1S/C16H27N3O2/c1-17-14(6-11-20)13-18-7-9-19(10-8-18)15-4-3-5-16(12-15)21-2/h3-5,12,14,17,20H,6-11,13H2,1-2H3. The Morgan fingerprint density at radius 3 is 2.67 bits per heavy atom. The van der Waals surface area contributed by atoms with E-state index in [1.807, 2.05) is 19.2 Å². The summed E-state index contributed by atoms with van der Waals surface area (Å²) in [6, 6.07) is 8.63. The highest BCUT2D eigenvalue weighted by atomic mass is 16.5. The van der Waals surface area contributed by atoms with E-state index in [4.69, 9.17) is 9.84 Å². The van der Waals surface area contributed by atoms with E-state index in [-0.39, 0.29) is 6.61 Å². The molecule has 2 rings (SSSR count). The molecule has 2 N–H and O–H groups in total. The number of nitrogens with zero attached hydrogens (tertiary/aromatic N) is 2. The molecule has 1 atom stereocenters. The number of rotatable bonds is 7. The zero-order valence-corrected chi connectivity index (χ0v) is 13.1. The van der Waals surface area contributed by atoms with Gasteiger partial charge in [0.15, 0.2) is 0 Å². The van der Waals surface area contributed by atoms with Gasteiger partial charge < -0.3 is 20.1 Å². The Balaban J connectivity index is 1.85. The number of anilines is 1. The predicted molar refractivity (Wildman–Crippen MR) is 86.2 cm³/mol. The second-order valence-electron chi connectivity index (χ2n) is 5.49. The quantitative estimate of drug-likeness (QED) is 0.778. The molecular formula is C16H27N3O2. The van der Waals surface area contributed by atoms with Crippen LogP contribution in [0.15, 0.2) is 24.3 Å². The zero-order chi connectivity index (χ0) is 15.1. The molecule has 118 valence electrons. The Labute approximate surface area is 127 Å². The Kier molecular flexibility index (Phi) is 6.29. The second-order valence-corrected chi connectivity index (χ2v) is 5.49. The fourth-order valence-corrected chi connectivity index (χ4v) is 2.79. The molecule has 1 aliphatic heterocycles. The number of aliphatic hydroxyl groups excluding tert-OH is 1. The van der Waals surface area contributed by atoms with Crippen LogP contribution in [0.4, 0.5) is 5.69 Å². The molecule has 1 aliphatic rings. The third-order valence-electron chi connectivity index (χ3n) is 4.16. The summed E-state index contributed by atoms with van der Waals surface area (Å²) >= 11 is 0. The van der Waals surface area contributed by atoms with E-state index in [0.717, 1.165) is 44.9 Å². The number of ether oxygens (including phenoxy) is 1. The molecule has 0 radical (unpaired) electrons. The molecule has 1 unspecified atom stereocenters. The number of benzene rings is 1. The van der Waals surface area contributed by atoms with Gasteiger partial charge in [-0.1, -0.05) is 6.07 Å². The fourth-order valence-electron chi connectivity index (χ4n) is 2.79.